The second-order valence-corrected chi connectivity index (χ2v) is 5.69. The fraction of sp³-hybridized carbons (Fsp3) is 0.588. The van der Waals surface area contributed by atoms with Gasteiger partial charge in [-0.15, -0.1) is 0 Å². The molecule has 0 aliphatic carbocycles. The molecule has 3 nitrogen and oxygen atoms in total. The molecule has 0 saturated carbocycles. The van der Waals surface area contributed by atoms with Gasteiger partial charge in [-0.25, -0.2) is 0 Å². The number of hydrogen-bond acceptors (Lipinski definition) is 3. The molecule has 1 atom stereocenters. The first kappa shape index (κ1) is 15.2. The Morgan fingerprint density at radius 3 is 2.95 bits per heavy atom. The topological polar surface area (TPSA) is 40.5 Å². The van der Waals surface area contributed by atoms with Crippen LogP contribution in [0.4, 0.5) is 0 Å². The van der Waals surface area contributed by atoms with Crippen LogP contribution >= 0.6 is 0 Å². The molecule has 1 heterocycles. The van der Waals surface area contributed by atoms with Gasteiger partial charge in [0.25, 0.3) is 0 Å². The Hall–Kier alpha value is -1.19. The minimum atomic E-state index is 0.246. The van der Waals surface area contributed by atoms with E-state index in [9.17, 15) is 4.79 Å². The number of aliphatic hydroxyl groups is 1. The molecule has 0 spiro atoms. The summed E-state index contributed by atoms with van der Waals surface area (Å²) in [6, 6.07) is 8.38. The predicted molar refractivity (Wildman–Crippen MR) is 81.0 cm³/mol. The molecular weight excluding hydrogens is 250 g/mol. The molecule has 2 rings (SSSR count). The molecule has 0 aromatic heterocycles. The molecule has 1 aromatic rings. The van der Waals surface area contributed by atoms with Gasteiger partial charge in [0.2, 0.25) is 0 Å². The summed E-state index contributed by atoms with van der Waals surface area (Å²) in [4.78, 5) is 14.7. The fourth-order valence-electron chi connectivity index (χ4n) is 3.11. The number of Topliss-reactive ketones (excluding diaryl/α,β-unsaturated/α-hetero) is 1. The highest BCUT2D eigenvalue weighted by molar-refractivity contribution is 5.97. The minimum absolute atomic E-state index is 0.246. The quantitative estimate of drug-likeness (QED) is 0.778. The monoisotopic (exact) mass is 275 g/mol. The molecule has 1 N–H and O–H groups in total. The number of nitrogens with zero attached hydrogens (tertiary/aromatic N) is 1. The summed E-state index contributed by atoms with van der Waals surface area (Å²) in [5, 5.41) is 8.94. The van der Waals surface area contributed by atoms with Crippen molar-refractivity contribution in [1.82, 2.24) is 4.90 Å². The molecule has 0 amide bonds. The van der Waals surface area contributed by atoms with Gasteiger partial charge >= 0.3 is 0 Å². The largest absolute Gasteiger partial charge is 0.396 e. The van der Waals surface area contributed by atoms with Crippen molar-refractivity contribution < 1.29 is 9.90 Å². The van der Waals surface area contributed by atoms with Gasteiger partial charge in [0.15, 0.2) is 5.78 Å². The van der Waals surface area contributed by atoms with Gasteiger partial charge in [-0.05, 0) is 44.7 Å². The standard InChI is InChI=1S/C17H25NO2/c1-14-6-2-3-9-16(14)17(20)10-12-18-11-4-7-15(18)8-5-13-19/h2-3,6,9,15,19H,4-5,7-8,10-13H2,1H3. The third-order valence-electron chi connectivity index (χ3n) is 4.27. The average Bonchev–Trinajstić information content (AvgIpc) is 2.90. The highest BCUT2D eigenvalue weighted by atomic mass is 16.2. The van der Waals surface area contributed by atoms with E-state index in [1.807, 2.05) is 31.2 Å². The first-order valence-electron chi connectivity index (χ1n) is 7.66. The molecule has 1 saturated heterocycles. The Morgan fingerprint density at radius 1 is 1.40 bits per heavy atom. The van der Waals surface area contributed by atoms with Crippen molar-refractivity contribution in [3.05, 3.63) is 35.4 Å². The van der Waals surface area contributed by atoms with E-state index in [4.69, 9.17) is 5.11 Å². The first-order chi connectivity index (χ1) is 9.72. The molecule has 1 aliphatic rings. The highest BCUT2D eigenvalue weighted by Gasteiger charge is 2.24. The lowest BCUT2D eigenvalue weighted by Crippen LogP contribution is -2.31. The molecule has 1 unspecified atom stereocenters. The summed E-state index contributed by atoms with van der Waals surface area (Å²) < 4.78 is 0. The molecule has 0 radical (unpaired) electrons. The van der Waals surface area contributed by atoms with E-state index in [1.54, 1.807) is 0 Å². The second kappa shape index (κ2) is 7.55. The smallest absolute Gasteiger partial charge is 0.164 e. The molecular formula is C17H25NO2. The van der Waals surface area contributed by atoms with Crippen molar-refractivity contribution in [2.75, 3.05) is 19.7 Å². The molecule has 20 heavy (non-hydrogen) atoms. The van der Waals surface area contributed by atoms with Crippen molar-refractivity contribution in [1.29, 1.82) is 0 Å². The van der Waals surface area contributed by atoms with Crippen molar-refractivity contribution in [2.45, 2.75) is 45.1 Å². The lowest BCUT2D eigenvalue weighted by atomic mass is 10.0. The van der Waals surface area contributed by atoms with Crippen molar-refractivity contribution in [2.24, 2.45) is 0 Å². The number of ketones is 1. The molecule has 1 aromatic carbocycles. The van der Waals surface area contributed by atoms with Crippen LogP contribution in [0.1, 0.15) is 48.0 Å². The van der Waals surface area contributed by atoms with Crippen LogP contribution in [0.15, 0.2) is 24.3 Å². The van der Waals surface area contributed by atoms with Gasteiger partial charge < -0.3 is 5.11 Å². The van der Waals surface area contributed by atoms with Crippen LogP contribution in [0.2, 0.25) is 0 Å². The highest BCUT2D eigenvalue weighted by Crippen LogP contribution is 2.22. The third-order valence-corrected chi connectivity index (χ3v) is 4.27. The summed E-state index contributed by atoms with van der Waals surface area (Å²) in [7, 11) is 0. The zero-order chi connectivity index (χ0) is 14.4. The SMILES string of the molecule is Cc1ccccc1C(=O)CCN1CCCC1CCCO. The van der Waals surface area contributed by atoms with Gasteiger partial charge in [0.05, 0.1) is 0 Å². The minimum Gasteiger partial charge on any atom is -0.396 e. The van der Waals surface area contributed by atoms with E-state index >= 15 is 0 Å². The number of carbonyl (C=O) groups excluding carboxylic acids is 1. The number of hydrogen-bond donors (Lipinski definition) is 1. The van der Waals surface area contributed by atoms with Crippen LogP contribution < -0.4 is 0 Å². The molecule has 0 bridgehead atoms. The molecule has 1 fully saturated rings. The fourth-order valence-corrected chi connectivity index (χ4v) is 3.11. The van der Waals surface area contributed by atoms with E-state index in [-0.39, 0.29) is 12.4 Å². The first-order valence-corrected chi connectivity index (χ1v) is 7.66. The van der Waals surface area contributed by atoms with Crippen molar-refractivity contribution in [3.63, 3.8) is 0 Å². The van der Waals surface area contributed by atoms with E-state index < -0.39 is 0 Å². The summed E-state index contributed by atoms with van der Waals surface area (Å²) in [5.74, 6) is 0.246. The Bertz CT molecular complexity index is 444. The zero-order valence-corrected chi connectivity index (χ0v) is 12.3. The van der Waals surface area contributed by atoms with Crippen LogP contribution in [-0.4, -0.2) is 41.5 Å². The Morgan fingerprint density at radius 2 is 2.20 bits per heavy atom. The maximum atomic E-state index is 12.3. The van der Waals surface area contributed by atoms with Crippen molar-refractivity contribution >= 4 is 5.78 Å². The lowest BCUT2D eigenvalue weighted by molar-refractivity contribution is 0.0958. The lowest BCUT2D eigenvalue weighted by Gasteiger charge is -2.24. The zero-order valence-electron chi connectivity index (χ0n) is 12.3. The Labute approximate surface area is 121 Å². The van der Waals surface area contributed by atoms with Crippen LogP contribution in [0.3, 0.4) is 0 Å². The number of carbonyl (C=O) groups is 1. The predicted octanol–water partition coefficient (Wildman–Crippen LogP) is 2.80. The maximum absolute atomic E-state index is 12.3. The number of likely N-dealkylation sites (tertiary alicyclic amines) is 1. The normalized spacial score (nSPS) is 19.4. The summed E-state index contributed by atoms with van der Waals surface area (Å²) in [5.41, 5.74) is 1.93. The van der Waals surface area contributed by atoms with Gasteiger partial charge in [0, 0.05) is 31.2 Å². The second-order valence-electron chi connectivity index (χ2n) is 5.69. The third kappa shape index (κ3) is 3.90. The molecule has 3 heteroatoms. The summed E-state index contributed by atoms with van der Waals surface area (Å²) in [6.45, 7) is 4.21. The number of benzene rings is 1. The molecule has 1 aliphatic heterocycles. The van der Waals surface area contributed by atoms with Crippen LogP contribution in [0, 0.1) is 6.92 Å². The van der Waals surface area contributed by atoms with E-state index in [0.717, 1.165) is 37.1 Å². The van der Waals surface area contributed by atoms with Crippen molar-refractivity contribution in [3.8, 4) is 0 Å². The summed E-state index contributed by atoms with van der Waals surface area (Å²) in [6.07, 6.45) is 4.94. The van der Waals surface area contributed by atoms with Gasteiger partial charge in [-0.1, -0.05) is 24.3 Å². The van der Waals surface area contributed by atoms with Crippen LogP contribution in [0.25, 0.3) is 0 Å². The van der Waals surface area contributed by atoms with E-state index in [1.165, 1.54) is 12.8 Å². The Kier molecular flexibility index (Phi) is 5.74. The number of aryl methyl sites for hydroxylation is 1. The van der Waals surface area contributed by atoms with Gasteiger partial charge in [0.1, 0.15) is 0 Å². The van der Waals surface area contributed by atoms with E-state index in [2.05, 4.69) is 4.90 Å². The number of aliphatic hydroxyl groups excluding tert-OH is 1. The maximum Gasteiger partial charge on any atom is 0.164 e. The average molecular weight is 275 g/mol. The Balaban J connectivity index is 1.85. The van der Waals surface area contributed by atoms with Crippen LogP contribution in [-0.2, 0) is 0 Å². The molecule has 110 valence electrons. The number of rotatable bonds is 7. The summed E-state index contributed by atoms with van der Waals surface area (Å²) >= 11 is 0. The van der Waals surface area contributed by atoms with Gasteiger partial charge in [-0.3, -0.25) is 9.69 Å². The van der Waals surface area contributed by atoms with Gasteiger partial charge in [-0.2, -0.15) is 0 Å². The van der Waals surface area contributed by atoms with E-state index in [0.29, 0.717) is 12.5 Å². The van der Waals surface area contributed by atoms with Crippen LogP contribution in [0.5, 0.6) is 0 Å².